The first kappa shape index (κ1) is 16.0. The summed E-state index contributed by atoms with van der Waals surface area (Å²) in [6, 6.07) is 5.48. The van der Waals surface area contributed by atoms with Crippen LogP contribution in [0.4, 0.5) is 0 Å². The Balaban J connectivity index is 2.17. The van der Waals surface area contributed by atoms with Gasteiger partial charge >= 0.3 is 0 Å². The Kier molecular flexibility index (Phi) is 7.57. The number of sulfonamides is 1. The molecule has 0 radical (unpaired) electrons. The van der Waals surface area contributed by atoms with Crippen LogP contribution in [0, 0.1) is 0 Å². The van der Waals surface area contributed by atoms with Gasteiger partial charge in [-0.25, -0.2) is 13.1 Å². The molecule has 0 saturated heterocycles. The SMILES string of the molecule is COCCNCCNS(=O)(=O)CCc1ccccn1. The minimum atomic E-state index is -3.23. The van der Waals surface area contributed by atoms with Crippen molar-refractivity contribution in [1.29, 1.82) is 0 Å². The monoisotopic (exact) mass is 287 g/mol. The van der Waals surface area contributed by atoms with E-state index >= 15 is 0 Å². The summed E-state index contributed by atoms with van der Waals surface area (Å²) in [5.74, 6) is 0.0576. The van der Waals surface area contributed by atoms with Gasteiger partial charge < -0.3 is 10.1 Å². The molecule has 2 N–H and O–H groups in total. The van der Waals surface area contributed by atoms with Crippen molar-refractivity contribution in [1.82, 2.24) is 15.0 Å². The van der Waals surface area contributed by atoms with E-state index in [0.717, 1.165) is 5.69 Å². The predicted octanol–water partition coefficient (Wildman–Crippen LogP) is -0.220. The molecule has 0 unspecified atom stereocenters. The zero-order valence-corrected chi connectivity index (χ0v) is 11.9. The van der Waals surface area contributed by atoms with Gasteiger partial charge in [0.05, 0.1) is 12.4 Å². The maximum Gasteiger partial charge on any atom is 0.212 e. The second-order valence-electron chi connectivity index (χ2n) is 4.03. The molecule has 19 heavy (non-hydrogen) atoms. The van der Waals surface area contributed by atoms with E-state index in [0.29, 0.717) is 32.7 Å². The fourth-order valence-electron chi connectivity index (χ4n) is 1.45. The van der Waals surface area contributed by atoms with E-state index < -0.39 is 10.0 Å². The summed E-state index contributed by atoms with van der Waals surface area (Å²) in [5.41, 5.74) is 0.783. The standard InChI is InChI=1S/C12H21N3O3S/c1-18-10-9-13-7-8-15-19(16,17)11-5-12-4-2-3-6-14-12/h2-4,6,13,15H,5,7-11H2,1H3. The summed E-state index contributed by atoms with van der Waals surface area (Å²) in [6.07, 6.45) is 2.09. The number of hydrogen-bond donors (Lipinski definition) is 2. The lowest BCUT2D eigenvalue weighted by molar-refractivity contribution is 0.199. The molecular weight excluding hydrogens is 266 g/mol. The van der Waals surface area contributed by atoms with Crippen LogP contribution in [-0.2, 0) is 21.2 Å². The molecule has 1 heterocycles. The van der Waals surface area contributed by atoms with Crippen LogP contribution < -0.4 is 10.0 Å². The van der Waals surface area contributed by atoms with Crippen molar-refractivity contribution in [3.63, 3.8) is 0 Å². The highest BCUT2D eigenvalue weighted by molar-refractivity contribution is 7.89. The molecule has 7 heteroatoms. The van der Waals surface area contributed by atoms with Gasteiger partial charge in [0, 0.05) is 45.1 Å². The van der Waals surface area contributed by atoms with E-state index in [4.69, 9.17) is 4.74 Å². The molecule has 0 aromatic carbocycles. The van der Waals surface area contributed by atoms with Crippen molar-refractivity contribution in [3.05, 3.63) is 30.1 Å². The molecule has 0 amide bonds. The lowest BCUT2D eigenvalue weighted by Gasteiger charge is -2.07. The van der Waals surface area contributed by atoms with E-state index in [-0.39, 0.29) is 5.75 Å². The van der Waals surface area contributed by atoms with Crippen molar-refractivity contribution in [2.24, 2.45) is 0 Å². The lowest BCUT2D eigenvalue weighted by atomic mass is 10.3. The number of aromatic nitrogens is 1. The van der Waals surface area contributed by atoms with E-state index in [2.05, 4.69) is 15.0 Å². The average Bonchev–Trinajstić information content (AvgIpc) is 2.42. The maximum atomic E-state index is 11.7. The number of methoxy groups -OCH3 is 1. The summed E-state index contributed by atoms with van der Waals surface area (Å²) < 4.78 is 30.8. The van der Waals surface area contributed by atoms with Crippen LogP contribution in [0.2, 0.25) is 0 Å². The molecule has 0 fully saturated rings. The predicted molar refractivity (Wildman–Crippen MR) is 74.5 cm³/mol. The van der Waals surface area contributed by atoms with Gasteiger partial charge in [-0.3, -0.25) is 4.98 Å². The van der Waals surface area contributed by atoms with Gasteiger partial charge in [-0.05, 0) is 12.1 Å². The highest BCUT2D eigenvalue weighted by atomic mass is 32.2. The number of hydrogen-bond acceptors (Lipinski definition) is 5. The third-order valence-corrected chi connectivity index (χ3v) is 3.85. The molecule has 0 aliphatic heterocycles. The third kappa shape index (κ3) is 7.89. The quantitative estimate of drug-likeness (QED) is 0.582. The summed E-state index contributed by atoms with van der Waals surface area (Å²) in [4.78, 5) is 4.09. The Hall–Kier alpha value is -1.02. The first-order valence-corrected chi connectivity index (χ1v) is 7.86. The number of nitrogens with zero attached hydrogens (tertiary/aromatic N) is 1. The second-order valence-corrected chi connectivity index (χ2v) is 5.95. The molecule has 1 aromatic rings. The molecule has 0 saturated carbocycles. The first-order chi connectivity index (χ1) is 9.14. The number of rotatable bonds is 10. The van der Waals surface area contributed by atoms with E-state index in [1.165, 1.54) is 0 Å². The van der Waals surface area contributed by atoms with Crippen molar-refractivity contribution in [2.75, 3.05) is 39.1 Å². The van der Waals surface area contributed by atoms with E-state index in [9.17, 15) is 8.42 Å². The molecule has 0 aliphatic carbocycles. The molecule has 0 atom stereocenters. The largest absolute Gasteiger partial charge is 0.383 e. The number of pyridine rings is 1. The van der Waals surface area contributed by atoms with Gasteiger partial charge in [0.25, 0.3) is 0 Å². The van der Waals surface area contributed by atoms with Crippen LogP contribution in [0.1, 0.15) is 5.69 Å². The van der Waals surface area contributed by atoms with Crippen LogP contribution >= 0.6 is 0 Å². The van der Waals surface area contributed by atoms with Crippen LogP contribution in [-0.4, -0.2) is 52.5 Å². The highest BCUT2D eigenvalue weighted by Crippen LogP contribution is 1.97. The van der Waals surface area contributed by atoms with Crippen LogP contribution in [0.25, 0.3) is 0 Å². The topological polar surface area (TPSA) is 80.3 Å². The number of nitrogens with one attached hydrogen (secondary N) is 2. The molecule has 0 bridgehead atoms. The zero-order valence-electron chi connectivity index (χ0n) is 11.1. The summed E-state index contributed by atoms with van der Waals surface area (Å²) in [5, 5.41) is 3.07. The molecule has 0 aliphatic rings. The van der Waals surface area contributed by atoms with Crippen molar-refractivity contribution in [2.45, 2.75) is 6.42 Å². The Labute approximate surface area is 114 Å². The summed E-state index contributed by atoms with van der Waals surface area (Å²) in [6.45, 7) is 2.30. The van der Waals surface area contributed by atoms with E-state index in [1.54, 1.807) is 13.3 Å². The normalized spacial score (nSPS) is 11.6. The van der Waals surface area contributed by atoms with Crippen molar-refractivity contribution in [3.8, 4) is 0 Å². The lowest BCUT2D eigenvalue weighted by Crippen LogP contribution is -2.34. The Morgan fingerprint density at radius 3 is 2.79 bits per heavy atom. The van der Waals surface area contributed by atoms with Gasteiger partial charge in [0.2, 0.25) is 10.0 Å². The minimum Gasteiger partial charge on any atom is -0.383 e. The van der Waals surface area contributed by atoms with Crippen LogP contribution in [0.3, 0.4) is 0 Å². The van der Waals surface area contributed by atoms with Gasteiger partial charge in [-0.2, -0.15) is 0 Å². The number of aryl methyl sites for hydroxylation is 1. The number of ether oxygens (including phenoxy) is 1. The Morgan fingerprint density at radius 2 is 2.11 bits per heavy atom. The molecule has 1 aromatic heterocycles. The Morgan fingerprint density at radius 1 is 1.26 bits per heavy atom. The zero-order chi connectivity index (χ0) is 14.0. The fraction of sp³-hybridized carbons (Fsp3) is 0.583. The molecular formula is C12H21N3O3S. The third-order valence-electron chi connectivity index (χ3n) is 2.46. The summed E-state index contributed by atoms with van der Waals surface area (Å²) >= 11 is 0. The van der Waals surface area contributed by atoms with Crippen molar-refractivity contribution < 1.29 is 13.2 Å². The Bertz CT molecular complexity index is 437. The van der Waals surface area contributed by atoms with Crippen LogP contribution in [0.5, 0.6) is 0 Å². The van der Waals surface area contributed by atoms with Gasteiger partial charge in [0.15, 0.2) is 0 Å². The van der Waals surface area contributed by atoms with Gasteiger partial charge in [-0.1, -0.05) is 6.07 Å². The fourth-order valence-corrected chi connectivity index (χ4v) is 2.49. The molecule has 6 nitrogen and oxygen atoms in total. The van der Waals surface area contributed by atoms with Crippen LogP contribution in [0.15, 0.2) is 24.4 Å². The smallest absolute Gasteiger partial charge is 0.212 e. The minimum absolute atomic E-state index is 0.0576. The average molecular weight is 287 g/mol. The molecule has 1 rings (SSSR count). The molecule has 108 valence electrons. The summed E-state index contributed by atoms with van der Waals surface area (Å²) in [7, 11) is -1.61. The molecule has 0 spiro atoms. The highest BCUT2D eigenvalue weighted by Gasteiger charge is 2.09. The van der Waals surface area contributed by atoms with Crippen molar-refractivity contribution >= 4 is 10.0 Å². The van der Waals surface area contributed by atoms with Gasteiger partial charge in [-0.15, -0.1) is 0 Å². The van der Waals surface area contributed by atoms with E-state index in [1.807, 2.05) is 18.2 Å². The second kappa shape index (κ2) is 8.98. The first-order valence-electron chi connectivity index (χ1n) is 6.21. The van der Waals surface area contributed by atoms with Gasteiger partial charge in [0.1, 0.15) is 0 Å². The maximum absolute atomic E-state index is 11.7.